The zero-order valence-corrected chi connectivity index (χ0v) is 10.4. The van der Waals surface area contributed by atoms with Crippen molar-refractivity contribution in [3.63, 3.8) is 0 Å². The van der Waals surface area contributed by atoms with E-state index in [-0.39, 0.29) is 17.0 Å². The van der Waals surface area contributed by atoms with Gasteiger partial charge in [0.2, 0.25) is 10.1 Å². The average molecular weight is 257 g/mol. The Morgan fingerprint density at radius 3 is 3.18 bits per heavy atom. The standard InChI is InChI=1S/C9H15N5O2S/c1-14-2-3-16-6(5-14)4-11-7(15)8-12-13-9(10)17-8/h6H,2-5H2,1H3,(H2,10,13)(H,11,15). The molecule has 0 aromatic carbocycles. The maximum absolute atomic E-state index is 11.7. The molecule has 1 aliphatic heterocycles. The molecule has 17 heavy (non-hydrogen) atoms. The summed E-state index contributed by atoms with van der Waals surface area (Å²) in [5.74, 6) is -0.254. The van der Waals surface area contributed by atoms with Crippen LogP contribution in [-0.2, 0) is 4.74 Å². The zero-order valence-electron chi connectivity index (χ0n) is 9.55. The van der Waals surface area contributed by atoms with Crippen molar-refractivity contribution in [2.24, 2.45) is 0 Å². The third-order valence-electron chi connectivity index (χ3n) is 2.47. The lowest BCUT2D eigenvalue weighted by Crippen LogP contribution is -2.45. The van der Waals surface area contributed by atoms with E-state index in [0.29, 0.717) is 18.3 Å². The number of carbonyl (C=O) groups is 1. The summed E-state index contributed by atoms with van der Waals surface area (Å²) in [5, 5.41) is 10.6. The van der Waals surface area contributed by atoms with E-state index >= 15 is 0 Å². The molecule has 1 aromatic rings. The molecule has 1 atom stereocenters. The molecule has 0 saturated carbocycles. The molecule has 1 saturated heterocycles. The summed E-state index contributed by atoms with van der Waals surface area (Å²) in [7, 11) is 2.03. The maximum Gasteiger partial charge on any atom is 0.282 e. The van der Waals surface area contributed by atoms with Gasteiger partial charge in [-0.15, -0.1) is 10.2 Å². The Morgan fingerprint density at radius 1 is 1.71 bits per heavy atom. The zero-order chi connectivity index (χ0) is 12.3. The van der Waals surface area contributed by atoms with Crippen LogP contribution in [0.1, 0.15) is 9.80 Å². The fraction of sp³-hybridized carbons (Fsp3) is 0.667. The number of hydrogen-bond donors (Lipinski definition) is 2. The highest BCUT2D eigenvalue weighted by Gasteiger charge is 2.19. The second kappa shape index (κ2) is 5.39. The third kappa shape index (κ3) is 3.35. The number of likely N-dealkylation sites (N-methyl/N-ethyl adjacent to an activating group) is 1. The van der Waals surface area contributed by atoms with Gasteiger partial charge >= 0.3 is 0 Å². The molecule has 3 N–H and O–H groups in total. The molecule has 0 aliphatic carbocycles. The Hall–Kier alpha value is -1.25. The van der Waals surface area contributed by atoms with E-state index in [0.717, 1.165) is 24.4 Å². The monoisotopic (exact) mass is 257 g/mol. The number of ether oxygens (including phenoxy) is 1. The number of nitrogens with one attached hydrogen (secondary N) is 1. The smallest absolute Gasteiger partial charge is 0.282 e. The summed E-state index contributed by atoms with van der Waals surface area (Å²) in [4.78, 5) is 13.8. The number of nitrogens with zero attached hydrogens (tertiary/aromatic N) is 3. The van der Waals surface area contributed by atoms with E-state index in [2.05, 4.69) is 20.4 Å². The topological polar surface area (TPSA) is 93.4 Å². The molecule has 0 bridgehead atoms. The Balaban J connectivity index is 1.80. The molecule has 8 heteroatoms. The van der Waals surface area contributed by atoms with Crippen LogP contribution >= 0.6 is 11.3 Å². The molecule has 2 rings (SSSR count). The number of nitrogen functional groups attached to an aromatic ring is 1. The molecule has 1 amide bonds. The highest BCUT2D eigenvalue weighted by Crippen LogP contribution is 2.10. The van der Waals surface area contributed by atoms with Crippen molar-refractivity contribution in [2.75, 3.05) is 39.0 Å². The largest absolute Gasteiger partial charge is 0.374 e. The molecular formula is C9H15N5O2S. The van der Waals surface area contributed by atoms with E-state index in [9.17, 15) is 4.79 Å². The summed E-state index contributed by atoms with van der Waals surface area (Å²) in [6.07, 6.45) is 0.0305. The lowest BCUT2D eigenvalue weighted by molar-refractivity contribution is -0.0175. The first-order valence-corrected chi connectivity index (χ1v) is 6.14. The first-order chi connectivity index (χ1) is 8.15. The highest BCUT2D eigenvalue weighted by molar-refractivity contribution is 7.16. The maximum atomic E-state index is 11.7. The number of carbonyl (C=O) groups excluding carboxylic acids is 1. The van der Waals surface area contributed by atoms with Crippen LogP contribution in [0.25, 0.3) is 0 Å². The van der Waals surface area contributed by atoms with Crippen LogP contribution in [-0.4, -0.2) is 60.4 Å². The number of rotatable bonds is 3. The predicted octanol–water partition coefficient (Wildman–Crippen LogP) is -0.819. The summed E-state index contributed by atoms with van der Waals surface area (Å²) in [5.41, 5.74) is 5.41. The van der Waals surface area contributed by atoms with Gasteiger partial charge in [-0.25, -0.2) is 0 Å². The van der Waals surface area contributed by atoms with E-state index in [4.69, 9.17) is 10.5 Å². The first-order valence-electron chi connectivity index (χ1n) is 5.32. The molecular weight excluding hydrogens is 242 g/mol. The fourth-order valence-electron chi connectivity index (χ4n) is 1.60. The Morgan fingerprint density at radius 2 is 2.53 bits per heavy atom. The van der Waals surface area contributed by atoms with Gasteiger partial charge in [-0.3, -0.25) is 4.79 Å². The summed E-state index contributed by atoms with van der Waals surface area (Å²) in [6, 6.07) is 0. The lowest BCUT2D eigenvalue weighted by Gasteiger charge is -2.29. The van der Waals surface area contributed by atoms with Crippen LogP contribution < -0.4 is 11.1 Å². The molecule has 1 unspecified atom stereocenters. The van der Waals surface area contributed by atoms with Gasteiger partial charge in [0.25, 0.3) is 5.91 Å². The third-order valence-corrected chi connectivity index (χ3v) is 3.22. The first kappa shape index (κ1) is 12.2. The van der Waals surface area contributed by atoms with Crippen molar-refractivity contribution in [1.82, 2.24) is 20.4 Å². The normalized spacial score (nSPS) is 21.4. The van der Waals surface area contributed by atoms with Crippen LogP contribution in [0.3, 0.4) is 0 Å². The van der Waals surface area contributed by atoms with E-state index in [1.54, 1.807) is 0 Å². The van der Waals surface area contributed by atoms with Crippen LogP contribution in [0.5, 0.6) is 0 Å². The summed E-state index contributed by atoms with van der Waals surface area (Å²) in [6.45, 7) is 2.92. The minimum absolute atomic E-state index is 0.0305. The van der Waals surface area contributed by atoms with Gasteiger partial charge < -0.3 is 20.7 Å². The Bertz CT molecular complexity index is 396. The molecule has 7 nitrogen and oxygen atoms in total. The van der Waals surface area contributed by atoms with Gasteiger partial charge in [0, 0.05) is 19.6 Å². The number of amides is 1. The molecule has 1 aromatic heterocycles. The van der Waals surface area contributed by atoms with Gasteiger partial charge in [-0.2, -0.15) is 0 Å². The Labute approximate surface area is 103 Å². The average Bonchev–Trinajstić information content (AvgIpc) is 2.73. The number of nitrogens with two attached hydrogens (primary N) is 1. The highest BCUT2D eigenvalue weighted by atomic mass is 32.1. The minimum atomic E-state index is -0.254. The second-order valence-electron chi connectivity index (χ2n) is 3.91. The summed E-state index contributed by atoms with van der Waals surface area (Å²) < 4.78 is 5.53. The van der Waals surface area contributed by atoms with Gasteiger partial charge in [-0.05, 0) is 7.05 Å². The molecule has 94 valence electrons. The van der Waals surface area contributed by atoms with Crippen molar-refractivity contribution in [1.29, 1.82) is 0 Å². The van der Waals surface area contributed by atoms with Gasteiger partial charge in [0.05, 0.1) is 12.7 Å². The minimum Gasteiger partial charge on any atom is -0.374 e. The lowest BCUT2D eigenvalue weighted by atomic mass is 10.3. The van der Waals surface area contributed by atoms with Crippen molar-refractivity contribution in [2.45, 2.75) is 6.10 Å². The molecule has 0 radical (unpaired) electrons. The molecule has 2 heterocycles. The number of anilines is 1. The number of hydrogen-bond acceptors (Lipinski definition) is 7. The predicted molar refractivity (Wildman–Crippen MR) is 63.9 cm³/mol. The number of morpholine rings is 1. The van der Waals surface area contributed by atoms with Gasteiger partial charge in [-0.1, -0.05) is 11.3 Å². The quantitative estimate of drug-likeness (QED) is 0.735. The SMILES string of the molecule is CN1CCOC(CNC(=O)c2nnc(N)s2)C1. The van der Waals surface area contributed by atoms with Crippen molar-refractivity contribution >= 4 is 22.4 Å². The summed E-state index contributed by atoms with van der Waals surface area (Å²) >= 11 is 1.08. The van der Waals surface area contributed by atoms with Gasteiger partial charge in [0.1, 0.15) is 0 Å². The second-order valence-corrected chi connectivity index (χ2v) is 4.92. The van der Waals surface area contributed by atoms with Crippen LogP contribution in [0, 0.1) is 0 Å². The van der Waals surface area contributed by atoms with Crippen molar-refractivity contribution < 1.29 is 9.53 Å². The van der Waals surface area contributed by atoms with Crippen molar-refractivity contribution in [3.8, 4) is 0 Å². The van der Waals surface area contributed by atoms with Crippen LogP contribution in [0.15, 0.2) is 0 Å². The van der Waals surface area contributed by atoms with Crippen LogP contribution in [0.2, 0.25) is 0 Å². The fourth-order valence-corrected chi connectivity index (χ4v) is 2.13. The van der Waals surface area contributed by atoms with Crippen LogP contribution in [0.4, 0.5) is 5.13 Å². The molecule has 1 aliphatic rings. The van der Waals surface area contributed by atoms with Gasteiger partial charge in [0.15, 0.2) is 0 Å². The van der Waals surface area contributed by atoms with E-state index in [1.807, 2.05) is 7.05 Å². The van der Waals surface area contributed by atoms with E-state index < -0.39 is 0 Å². The Kier molecular flexibility index (Phi) is 3.87. The van der Waals surface area contributed by atoms with Crippen molar-refractivity contribution in [3.05, 3.63) is 5.01 Å². The molecule has 1 fully saturated rings. The molecule has 0 spiro atoms. The number of aromatic nitrogens is 2. The van der Waals surface area contributed by atoms with E-state index in [1.165, 1.54) is 0 Å².